The SMILES string of the molecule is CCc1nc2cccc(C(C)C(=O)O)n2n1. The van der Waals surface area contributed by atoms with Crippen molar-refractivity contribution in [1.29, 1.82) is 0 Å². The van der Waals surface area contributed by atoms with E-state index in [9.17, 15) is 4.79 Å². The highest BCUT2D eigenvalue weighted by Gasteiger charge is 2.17. The van der Waals surface area contributed by atoms with Crippen LogP contribution in [-0.2, 0) is 11.2 Å². The van der Waals surface area contributed by atoms with Gasteiger partial charge in [-0.2, -0.15) is 5.10 Å². The molecule has 5 heteroatoms. The zero-order valence-corrected chi connectivity index (χ0v) is 9.21. The van der Waals surface area contributed by atoms with Gasteiger partial charge in [-0.05, 0) is 19.1 Å². The number of carboxylic acids is 1. The molecular formula is C11H13N3O2. The molecule has 0 bridgehead atoms. The second-order valence-electron chi connectivity index (χ2n) is 3.66. The van der Waals surface area contributed by atoms with Gasteiger partial charge < -0.3 is 5.11 Å². The number of hydrogen-bond donors (Lipinski definition) is 1. The van der Waals surface area contributed by atoms with Gasteiger partial charge in [-0.1, -0.05) is 13.0 Å². The molecule has 1 unspecified atom stereocenters. The van der Waals surface area contributed by atoms with Crippen molar-refractivity contribution in [2.45, 2.75) is 26.2 Å². The third-order valence-electron chi connectivity index (χ3n) is 2.56. The molecule has 0 spiro atoms. The van der Waals surface area contributed by atoms with Crippen LogP contribution in [0.2, 0.25) is 0 Å². The predicted molar refractivity (Wildman–Crippen MR) is 58.4 cm³/mol. The number of aryl methyl sites for hydroxylation is 1. The van der Waals surface area contributed by atoms with Gasteiger partial charge in [0.2, 0.25) is 0 Å². The summed E-state index contributed by atoms with van der Waals surface area (Å²) in [5.74, 6) is -0.721. The topological polar surface area (TPSA) is 67.5 Å². The molecule has 0 aromatic carbocycles. The van der Waals surface area contributed by atoms with Gasteiger partial charge in [0.05, 0.1) is 11.6 Å². The summed E-state index contributed by atoms with van der Waals surface area (Å²) >= 11 is 0. The van der Waals surface area contributed by atoms with Crippen LogP contribution in [0.1, 0.15) is 31.3 Å². The summed E-state index contributed by atoms with van der Waals surface area (Å²) in [6, 6.07) is 5.39. The summed E-state index contributed by atoms with van der Waals surface area (Å²) in [5.41, 5.74) is 1.35. The molecule has 2 aromatic heterocycles. The predicted octanol–water partition coefficient (Wildman–Crippen LogP) is 1.48. The van der Waals surface area contributed by atoms with Gasteiger partial charge in [-0.15, -0.1) is 0 Å². The first kappa shape index (κ1) is 10.6. The van der Waals surface area contributed by atoms with Gasteiger partial charge in [0.1, 0.15) is 0 Å². The average Bonchev–Trinajstić information content (AvgIpc) is 2.70. The number of rotatable bonds is 3. The molecule has 0 amide bonds. The molecule has 16 heavy (non-hydrogen) atoms. The van der Waals surface area contributed by atoms with E-state index in [0.717, 1.165) is 12.2 Å². The normalized spacial score (nSPS) is 12.9. The van der Waals surface area contributed by atoms with Crippen LogP contribution in [0.4, 0.5) is 0 Å². The second-order valence-corrected chi connectivity index (χ2v) is 3.66. The van der Waals surface area contributed by atoms with E-state index >= 15 is 0 Å². The van der Waals surface area contributed by atoms with Crippen LogP contribution in [0.25, 0.3) is 5.65 Å². The molecule has 2 heterocycles. The van der Waals surface area contributed by atoms with E-state index in [2.05, 4.69) is 10.1 Å². The average molecular weight is 219 g/mol. The standard InChI is InChI=1S/C11H13N3O2/c1-3-9-12-10-6-4-5-8(14(10)13-9)7(2)11(15)16/h4-7H,3H2,1-2H3,(H,15,16). The van der Waals surface area contributed by atoms with Crippen LogP contribution < -0.4 is 0 Å². The van der Waals surface area contributed by atoms with Gasteiger partial charge in [0.15, 0.2) is 11.5 Å². The van der Waals surface area contributed by atoms with Crippen molar-refractivity contribution < 1.29 is 9.90 Å². The lowest BCUT2D eigenvalue weighted by Crippen LogP contribution is -2.12. The third kappa shape index (κ3) is 1.64. The maximum atomic E-state index is 11.0. The molecule has 0 aliphatic rings. The van der Waals surface area contributed by atoms with Gasteiger partial charge in [0, 0.05) is 6.42 Å². The molecule has 0 radical (unpaired) electrons. The molecule has 2 aromatic rings. The zero-order valence-electron chi connectivity index (χ0n) is 9.21. The zero-order chi connectivity index (χ0) is 11.7. The van der Waals surface area contributed by atoms with Crippen molar-refractivity contribution in [3.8, 4) is 0 Å². The molecule has 0 aliphatic heterocycles. The van der Waals surface area contributed by atoms with Crippen molar-refractivity contribution in [2.75, 3.05) is 0 Å². The number of fused-ring (bicyclic) bond motifs is 1. The molecule has 84 valence electrons. The molecule has 1 N–H and O–H groups in total. The van der Waals surface area contributed by atoms with E-state index in [1.54, 1.807) is 23.6 Å². The molecule has 0 fully saturated rings. The van der Waals surface area contributed by atoms with E-state index in [1.165, 1.54) is 0 Å². The number of hydrogen-bond acceptors (Lipinski definition) is 3. The van der Waals surface area contributed by atoms with Gasteiger partial charge in [-0.3, -0.25) is 4.79 Å². The Kier molecular flexibility index (Phi) is 2.60. The summed E-state index contributed by atoms with van der Waals surface area (Å²) in [6.07, 6.45) is 0.739. The Morgan fingerprint density at radius 2 is 2.31 bits per heavy atom. The minimum absolute atomic E-state index is 0.588. The van der Waals surface area contributed by atoms with E-state index in [-0.39, 0.29) is 0 Å². The van der Waals surface area contributed by atoms with Crippen molar-refractivity contribution in [2.24, 2.45) is 0 Å². The molecular weight excluding hydrogens is 206 g/mol. The fourth-order valence-electron chi connectivity index (χ4n) is 1.57. The fraction of sp³-hybridized carbons (Fsp3) is 0.364. The Hall–Kier alpha value is -1.91. The minimum atomic E-state index is -0.860. The Morgan fingerprint density at radius 1 is 1.56 bits per heavy atom. The van der Waals surface area contributed by atoms with Crippen LogP contribution in [0.15, 0.2) is 18.2 Å². The molecule has 5 nitrogen and oxygen atoms in total. The number of nitrogens with zero attached hydrogens (tertiary/aromatic N) is 3. The molecule has 0 aliphatic carbocycles. The molecule has 1 atom stereocenters. The number of carboxylic acid groups (broad SMARTS) is 1. The van der Waals surface area contributed by atoms with Crippen LogP contribution in [0.5, 0.6) is 0 Å². The second kappa shape index (κ2) is 3.92. The van der Waals surface area contributed by atoms with Crippen molar-refractivity contribution in [3.63, 3.8) is 0 Å². The first-order valence-corrected chi connectivity index (χ1v) is 5.21. The van der Waals surface area contributed by atoms with Crippen LogP contribution >= 0.6 is 0 Å². The lowest BCUT2D eigenvalue weighted by molar-refractivity contribution is -0.138. The first-order chi connectivity index (χ1) is 7.63. The molecule has 0 saturated carbocycles. The van der Waals surface area contributed by atoms with Crippen LogP contribution in [-0.4, -0.2) is 25.7 Å². The van der Waals surface area contributed by atoms with Gasteiger partial charge in [0.25, 0.3) is 0 Å². The monoisotopic (exact) mass is 219 g/mol. The van der Waals surface area contributed by atoms with E-state index in [1.807, 2.05) is 13.0 Å². The quantitative estimate of drug-likeness (QED) is 0.849. The number of pyridine rings is 1. The first-order valence-electron chi connectivity index (χ1n) is 5.21. The highest BCUT2D eigenvalue weighted by Crippen LogP contribution is 2.16. The number of carbonyl (C=O) groups is 1. The minimum Gasteiger partial charge on any atom is -0.481 e. The summed E-state index contributed by atoms with van der Waals surface area (Å²) in [5, 5.41) is 13.3. The Morgan fingerprint density at radius 3 is 2.94 bits per heavy atom. The van der Waals surface area contributed by atoms with Gasteiger partial charge >= 0.3 is 5.97 Å². The summed E-state index contributed by atoms with van der Waals surface area (Å²) in [4.78, 5) is 15.3. The van der Waals surface area contributed by atoms with Crippen molar-refractivity contribution in [1.82, 2.24) is 14.6 Å². The molecule has 2 rings (SSSR count). The summed E-state index contributed by atoms with van der Waals surface area (Å²) in [7, 11) is 0. The van der Waals surface area contributed by atoms with E-state index < -0.39 is 11.9 Å². The van der Waals surface area contributed by atoms with E-state index in [0.29, 0.717) is 11.3 Å². The largest absolute Gasteiger partial charge is 0.481 e. The van der Waals surface area contributed by atoms with Crippen molar-refractivity contribution in [3.05, 3.63) is 29.7 Å². The lowest BCUT2D eigenvalue weighted by Gasteiger charge is -2.07. The van der Waals surface area contributed by atoms with Crippen LogP contribution in [0, 0.1) is 0 Å². The Bertz CT molecular complexity index is 533. The Balaban J connectivity index is 2.60. The lowest BCUT2D eigenvalue weighted by atomic mass is 10.1. The van der Waals surface area contributed by atoms with E-state index in [4.69, 9.17) is 5.11 Å². The Labute approximate surface area is 92.7 Å². The maximum absolute atomic E-state index is 11.0. The summed E-state index contributed by atoms with van der Waals surface area (Å²) in [6.45, 7) is 3.61. The highest BCUT2D eigenvalue weighted by atomic mass is 16.4. The van der Waals surface area contributed by atoms with Gasteiger partial charge in [-0.25, -0.2) is 9.50 Å². The van der Waals surface area contributed by atoms with Crippen molar-refractivity contribution >= 4 is 11.6 Å². The number of aliphatic carboxylic acids is 1. The summed E-state index contributed by atoms with van der Waals surface area (Å²) < 4.78 is 1.61. The van der Waals surface area contributed by atoms with Crippen LogP contribution in [0.3, 0.4) is 0 Å². The maximum Gasteiger partial charge on any atom is 0.312 e. The smallest absolute Gasteiger partial charge is 0.312 e. The third-order valence-corrected chi connectivity index (χ3v) is 2.56. The fourth-order valence-corrected chi connectivity index (χ4v) is 1.57. The highest BCUT2D eigenvalue weighted by molar-refractivity contribution is 5.75. The number of aromatic nitrogens is 3. The molecule has 0 saturated heterocycles.